The van der Waals surface area contributed by atoms with Crippen molar-refractivity contribution in [1.82, 2.24) is 10.1 Å². The van der Waals surface area contributed by atoms with Gasteiger partial charge in [-0.2, -0.15) is 0 Å². The van der Waals surface area contributed by atoms with Crippen molar-refractivity contribution >= 4 is 21.8 Å². The second-order valence-corrected chi connectivity index (χ2v) is 9.00. The lowest BCUT2D eigenvalue weighted by Gasteiger charge is -2.46. The van der Waals surface area contributed by atoms with Crippen molar-refractivity contribution in [3.63, 3.8) is 0 Å². The van der Waals surface area contributed by atoms with Gasteiger partial charge in [-0.05, 0) is 68.2 Å². The van der Waals surface area contributed by atoms with E-state index in [0.29, 0.717) is 0 Å². The number of carbonyl (C=O) groups is 1. The Morgan fingerprint density at radius 3 is 2.85 bits per heavy atom. The van der Waals surface area contributed by atoms with E-state index in [4.69, 9.17) is 10.3 Å². The zero-order valence-corrected chi connectivity index (χ0v) is 17.5. The van der Waals surface area contributed by atoms with Crippen molar-refractivity contribution in [2.75, 3.05) is 7.05 Å². The summed E-state index contributed by atoms with van der Waals surface area (Å²) in [6, 6.07) is 6.27. The van der Waals surface area contributed by atoms with Gasteiger partial charge in [-0.15, -0.1) is 0 Å². The number of nitrogens with two attached hydrogens (primary N) is 1. The molecular formula is C21H24BrN3O2. The highest BCUT2D eigenvalue weighted by molar-refractivity contribution is 9.10. The molecule has 2 atom stereocenters. The number of nitrogens with zero attached hydrogens (tertiary/aromatic N) is 2. The Balaban J connectivity index is 1.91. The minimum absolute atomic E-state index is 0.00981. The van der Waals surface area contributed by atoms with E-state index >= 15 is 0 Å². The Morgan fingerprint density at radius 1 is 1.41 bits per heavy atom. The predicted octanol–water partition coefficient (Wildman–Crippen LogP) is 3.62. The lowest BCUT2D eigenvalue weighted by molar-refractivity contribution is -0.139. The van der Waals surface area contributed by atoms with Gasteiger partial charge in [0.1, 0.15) is 5.76 Å². The summed E-state index contributed by atoms with van der Waals surface area (Å²) in [6.07, 6.45) is 3.33. The molecule has 1 aromatic heterocycles. The summed E-state index contributed by atoms with van der Waals surface area (Å²) in [7, 11) is 1.71. The van der Waals surface area contributed by atoms with Crippen LogP contribution >= 0.6 is 15.9 Å². The van der Waals surface area contributed by atoms with E-state index < -0.39 is 5.41 Å². The summed E-state index contributed by atoms with van der Waals surface area (Å²) in [5.41, 5.74) is 9.44. The van der Waals surface area contributed by atoms with Crippen LogP contribution in [0, 0.1) is 12.3 Å². The van der Waals surface area contributed by atoms with Gasteiger partial charge in [-0.25, -0.2) is 0 Å². The molecule has 1 aromatic carbocycles. The quantitative estimate of drug-likeness (QED) is 0.790. The van der Waals surface area contributed by atoms with Crippen LogP contribution in [0.15, 0.2) is 39.6 Å². The number of likely N-dealkylation sites (N-methyl/N-ethyl adjacent to an activating group) is 1. The molecule has 27 heavy (non-hydrogen) atoms. The third-order valence-corrected chi connectivity index (χ3v) is 7.28. The molecule has 0 bridgehead atoms. The fourth-order valence-corrected chi connectivity index (χ4v) is 5.39. The van der Waals surface area contributed by atoms with Gasteiger partial charge in [0.25, 0.3) is 0 Å². The monoisotopic (exact) mass is 429 g/mol. The first-order valence-corrected chi connectivity index (χ1v) is 9.94. The van der Waals surface area contributed by atoms with Crippen LogP contribution in [-0.4, -0.2) is 23.0 Å². The highest BCUT2D eigenvalue weighted by Crippen LogP contribution is 2.59. The number of aryl methyl sites for hydroxylation is 2. The van der Waals surface area contributed by atoms with Crippen molar-refractivity contribution in [2.24, 2.45) is 11.1 Å². The average molecular weight is 430 g/mol. The van der Waals surface area contributed by atoms with E-state index in [1.165, 1.54) is 10.5 Å². The first-order chi connectivity index (χ1) is 12.7. The van der Waals surface area contributed by atoms with Crippen LogP contribution in [0.5, 0.6) is 0 Å². The number of rotatable bonds is 2. The van der Waals surface area contributed by atoms with E-state index in [9.17, 15) is 4.79 Å². The molecule has 0 aliphatic heterocycles. The fourth-order valence-electron chi connectivity index (χ4n) is 5.03. The maximum atomic E-state index is 13.7. The van der Waals surface area contributed by atoms with Crippen molar-refractivity contribution < 1.29 is 9.32 Å². The van der Waals surface area contributed by atoms with E-state index in [2.05, 4.69) is 46.7 Å². The summed E-state index contributed by atoms with van der Waals surface area (Å²) in [4.78, 5) is 15.2. The van der Waals surface area contributed by atoms with Gasteiger partial charge in [0.05, 0.1) is 16.9 Å². The number of aromatic nitrogens is 1. The van der Waals surface area contributed by atoms with E-state index in [1.54, 1.807) is 7.05 Å². The molecule has 1 amide bonds. The number of halogens is 1. The number of benzene rings is 1. The molecule has 4 rings (SSSR count). The van der Waals surface area contributed by atoms with Gasteiger partial charge in [0.2, 0.25) is 5.91 Å². The van der Waals surface area contributed by atoms with E-state index in [0.717, 1.165) is 52.7 Å². The standard InChI is InChI=1S/C21H24BrN3O2/c1-12-16-11-21(8-7-18(16)24-27-12)10-14-5-6-15(22)9-17(14)20(21,3)19(26)25(4)13(2)23/h5-6,9H,2,7-8,10-11,23H2,1,3-4H3. The minimum atomic E-state index is -0.704. The molecule has 2 unspecified atom stereocenters. The molecule has 0 fully saturated rings. The lowest BCUT2D eigenvalue weighted by Crippen LogP contribution is -2.54. The Kier molecular flexibility index (Phi) is 4.04. The van der Waals surface area contributed by atoms with Gasteiger partial charge >= 0.3 is 0 Å². The van der Waals surface area contributed by atoms with Crippen LogP contribution in [0.2, 0.25) is 0 Å². The van der Waals surface area contributed by atoms with Gasteiger partial charge in [0.15, 0.2) is 0 Å². The molecule has 0 saturated heterocycles. The summed E-state index contributed by atoms with van der Waals surface area (Å²) < 4.78 is 6.42. The van der Waals surface area contributed by atoms with Crippen molar-refractivity contribution in [3.8, 4) is 0 Å². The molecule has 1 heterocycles. The van der Waals surface area contributed by atoms with Crippen molar-refractivity contribution in [2.45, 2.75) is 44.9 Å². The second-order valence-electron chi connectivity index (χ2n) is 8.08. The molecule has 0 saturated carbocycles. The number of hydrogen-bond donors (Lipinski definition) is 1. The summed E-state index contributed by atoms with van der Waals surface area (Å²) in [5, 5.41) is 4.22. The third-order valence-electron chi connectivity index (χ3n) is 6.78. The molecule has 2 aliphatic rings. The molecule has 2 N–H and O–H groups in total. The number of fused-ring (bicyclic) bond motifs is 2. The van der Waals surface area contributed by atoms with Gasteiger partial charge in [0, 0.05) is 17.1 Å². The second kappa shape index (κ2) is 5.96. The Labute approximate surface area is 167 Å². The molecule has 142 valence electrons. The van der Waals surface area contributed by atoms with Crippen LogP contribution in [0.1, 0.15) is 41.5 Å². The Bertz CT molecular complexity index is 966. The maximum absolute atomic E-state index is 13.7. The van der Waals surface area contributed by atoms with Crippen LogP contribution in [0.4, 0.5) is 0 Å². The van der Waals surface area contributed by atoms with E-state index in [-0.39, 0.29) is 17.1 Å². The average Bonchev–Trinajstić information content (AvgIpc) is 3.11. The molecule has 0 radical (unpaired) electrons. The molecule has 1 spiro atoms. The van der Waals surface area contributed by atoms with Gasteiger partial charge in [-0.1, -0.05) is 33.7 Å². The number of carbonyl (C=O) groups excluding carboxylic acids is 1. The van der Waals surface area contributed by atoms with Crippen LogP contribution in [0.25, 0.3) is 0 Å². The fraction of sp³-hybridized carbons (Fsp3) is 0.429. The Morgan fingerprint density at radius 2 is 2.15 bits per heavy atom. The minimum Gasteiger partial charge on any atom is -0.386 e. The highest BCUT2D eigenvalue weighted by atomic mass is 79.9. The van der Waals surface area contributed by atoms with Crippen molar-refractivity contribution in [3.05, 3.63) is 63.2 Å². The maximum Gasteiger partial charge on any atom is 0.238 e. The number of hydrogen-bond acceptors (Lipinski definition) is 4. The van der Waals surface area contributed by atoms with Gasteiger partial charge < -0.3 is 15.2 Å². The van der Waals surface area contributed by atoms with E-state index in [1.807, 2.05) is 13.0 Å². The summed E-state index contributed by atoms with van der Waals surface area (Å²) >= 11 is 3.58. The normalized spacial score (nSPS) is 25.9. The zero-order chi connectivity index (χ0) is 19.6. The predicted molar refractivity (Wildman–Crippen MR) is 107 cm³/mol. The molecule has 2 aliphatic carbocycles. The SMILES string of the molecule is C=C(N)N(C)C(=O)C1(C)c2cc(Br)ccc2CC12CCc1noc(C)c1C2. The summed E-state index contributed by atoms with van der Waals surface area (Å²) in [6.45, 7) is 7.80. The Hall–Kier alpha value is -2.08. The largest absolute Gasteiger partial charge is 0.386 e. The summed E-state index contributed by atoms with van der Waals surface area (Å²) in [5.74, 6) is 1.11. The lowest BCUT2D eigenvalue weighted by atomic mass is 9.57. The smallest absolute Gasteiger partial charge is 0.238 e. The van der Waals surface area contributed by atoms with Gasteiger partial charge in [-0.3, -0.25) is 4.79 Å². The topological polar surface area (TPSA) is 72.4 Å². The zero-order valence-electron chi connectivity index (χ0n) is 15.9. The molecular weight excluding hydrogens is 406 g/mol. The van der Waals surface area contributed by atoms with Crippen LogP contribution in [-0.2, 0) is 29.5 Å². The molecule has 2 aromatic rings. The number of amides is 1. The van der Waals surface area contributed by atoms with Crippen molar-refractivity contribution in [1.29, 1.82) is 0 Å². The van der Waals surface area contributed by atoms with Crippen LogP contribution < -0.4 is 5.73 Å². The van der Waals surface area contributed by atoms with Crippen LogP contribution in [0.3, 0.4) is 0 Å². The first kappa shape index (κ1) is 18.3. The third kappa shape index (κ3) is 2.42. The molecule has 6 heteroatoms. The highest BCUT2D eigenvalue weighted by Gasteiger charge is 2.61. The first-order valence-electron chi connectivity index (χ1n) is 9.15. The molecule has 5 nitrogen and oxygen atoms in total.